The van der Waals surface area contributed by atoms with Crippen LogP contribution in [0.4, 0.5) is 0 Å². The predicted octanol–water partition coefficient (Wildman–Crippen LogP) is 0.907. The number of amides is 1. The summed E-state index contributed by atoms with van der Waals surface area (Å²) >= 11 is 0. The van der Waals surface area contributed by atoms with Crippen molar-refractivity contribution >= 4 is 15.9 Å². The summed E-state index contributed by atoms with van der Waals surface area (Å²) in [7, 11) is -3.73. The van der Waals surface area contributed by atoms with Gasteiger partial charge in [-0.25, -0.2) is 8.42 Å². The summed E-state index contributed by atoms with van der Waals surface area (Å²) in [5, 5.41) is 0. The van der Waals surface area contributed by atoms with E-state index in [1.165, 1.54) is 10.4 Å². The molecule has 1 aromatic carbocycles. The Bertz CT molecular complexity index is 745. The maximum absolute atomic E-state index is 13.1. The number of morpholine rings is 1. The van der Waals surface area contributed by atoms with Crippen molar-refractivity contribution in [3.8, 4) is 0 Å². The molecular weight excluding hydrogens is 354 g/mol. The summed E-state index contributed by atoms with van der Waals surface area (Å²) in [5.41, 5.74) is 6.25. The maximum Gasteiger partial charge on any atom is 0.255 e. The van der Waals surface area contributed by atoms with Crippen LogP contribution in [0.2, 0.25) is 0 Å². The quantitative estimate of drug-likeness (QED) is 0.837. The summed E-state index contributed by atoms with van der Waals surface area (Å²) in [4.78, 5) is 14.9. The van der Waals surface area contributed by atoms with E-state index in [0.717, 1.165) is 12.8 Å². The molecule has 2 atom stereocenters. The maximum atomic E-state index is 13.1. The number of carbonyl (C=O) groups excluding carboxylic acids is 1. The number of sulfonamides is 1. The van der Waals surface area contributed by atoms with E-state index in [1.807, 2.05) is 6.92 Å². The standard InChI is InChI=1S/C18H27N3O4S/c1-14(19)15-5-4-8-20(13-15)18(22)16-6-2-3-7-17(16)26(23,24)21-9-11-25-12-10-21/h2-3,6-7,14-15H,4-5,8-13,19H2,1H3. The van der Waals surface area contributed by atoms with Crippen molar-refractivity contribution in [3.05, 3.63) is 29.8 Å². The molecule has 2 aliphatic rings. The highest BCUT2D eigenvalue weighted by Gasteiger charge is 2.33. The monoisotopic (exact) mass is 381 g/mol. The van der Waals surface area contributed by atoms with E-state index in [4.69, 9.17) is 10.5 Å². The van der Waals surface area contributed by atoms with Crippen LogP contribution in [0.5, 0.6) is 0 Å². The molecule has 7 nitrogen and oxygen atoms in total. The van der Waals surface area contributed by atoms with Crippen LogP contribution in [0.1, 0.15) is 30.1 Å². The molecule has 2 fully saturated rings. The van der Waals surface area contributed by atoms with Crippen molar-refractivity contribution in [1.29, 1.82) is 0 Å². The third-order valence-corrected chi connectivity index (χ3v) is 7.15. The van der Waals surface area contributed by atoms with E-state index >= 15 is 0 Å². The van der Waals surface area contributed by atoms with E-state index in [1.54, 1.807) is 23.1 Å². The van der Waals surface area contributed by atoms with Crippen molar-refractivity contribution < 1.29 is 17.9 Å². The third kappa shape index (κ3) is 3.93. The summed E-state index contributed by atoms with van der Waals surface area (Å²) in [6.45, 7) is 4.52. The second-order valence-electron chi connectivity index (χ2n) is 7.03. The van der Waals surface area contributed by atoms with Crippen LogP contribution in [0, 0.1) is 5.92 Å². The molecule has 2 N–H and O–H groups in total. The Hall–Kier alpha value is -1.48. The second-order valence-corrected chi connectivity index (χ2v) is 8.93. The lowest BCUT2D eigenvalue weighted by atomic mass is 9.92. The van der Waals surface area contributed by atoms with Gasteiger partial charge in [-0.05, 0) is 37.8 Å². The molecular formula is C18H27N3O4S. The lowest BCUT2D eigenvalue weighted by Gasteiger charge is -2.35. The lowest BCUT2D eigenvalue weighted by Crippen LogP contribution is -2.46. The van der Waals surface area contributed by atoms with E-state index in [-0.39, 0.29) is 28.3 Å². The zero-order valence-electron chi connectivity index (χ0n) is 15.1. The van der Waals surface area contributed by atoms with E-state index in [2.05, 4.69) is 0 Å². The smallest absolute Gasteiger partial charge is 0.255 e. The molecule has 0 saturated carbocycles. The number of nitrogens with zero attached hydrogens (tertiary/aromatic N) is 2. The van der Waals surface area contributed by atoms with Crippen molar-refractivity contribution in [2.24, 2.45) is 11.7 Å². The normalized spacial score (nSPS) is 23.6. The molecule has 0 radical (unpaired) electrons. The summed E-state index contributed by atoms with van der Waals surface area (Å²) in [6.07, 6.45) is 1.88. The van der Waals surface area contributed by atoms with Gasteiger partial charge < -0.3 is 15.4 Å². The predicted molar refractivity (Wildman–Crippen MR) is 98.3 cm³/mol. The second kappa shape index (κ2) is 8.04. The Morgan fingerprint density at radius 3 is 2.62 bits per heavy atom. The molecule has 26 heavy (non-hydrogen) atoms. The van der Waals surface area contributed by atoms with Crippen LogP contribution in [0.3, 0.4) is 0 Å². The molecule has 1 aromatic rings. The number of benzene rings is 1. The molecule has 2 saturated heterocycles. The minimum absolute atomic E-state index is 0.0120. The molecule has 2 heterocycles. The van der Waals surface area contributed by atoms with Gasteiger partial charge in [0.25, 0.3) is 5.91 Å². The van der Waals surface area contributed by atoms with Crippen LogP contribution < -0.4 is 5.73 Å². The van der Waals surface area contributed by atoms with Gasteiger partial charge in [0.2, 0.25) is 10.0 Å². The van der Waals surface area contributed by atoms with Crippen LogP contribution in [0.25, 0.3) is 0 Å². The number of carbonyl (C=O) groups is 1. The van der Waals surface area contributed by atoms with Crippen molar-refractivity contribution in [3.63, 3.8) is 0 Å². The van der Waals surface area contributed by atoms with Gasteiger partial charge in [-0.1, -0.05) is 12.1 Å². The van der Waals surface area contributed by atoms with Gasteiger partial charge >= 0.3 is 0 Å². The molecule has 0 bridgehead atoms. The van der Waals surface area contributed by atoms with Gasteiger partial charge in [0.15, 0.2) is 0 Å². The summed E-state index contributed by atoms with van der Waals surface area (Å²) in [6, 6.07) is 6.50. The number of piperidine rings is 1. The number of hydrogen-bond donors (Lipinski definition) is 1. The average molecular weight is 381 g/mol. The largest absolute Gasteiger partial charge is 0.379 e. The Labute approximate surface area is 155 Å². The molecule has 8 heteroatoms. The molecule has 2 aliphatic heterocycles. The zero-order chi connectivity index (χ0) is 18.7. The highest BCUT2D eigenvalue weighted by atomic mass is 32.2. The first kappa shape index (κ1) is 19.3. The first-order valence-electron chi connectivity index (χ1n) is 9.13. The van der Waals surface area contributed by atoms with Crippen molar-refractivity contribution in [2.75, 3.05) is 39.4 Å². The zero-order valence-corrected chi connectivity index (χ0v) is 16.0. The van der Waals surface area contributed by atoms with Crippen LogP contribution in [0.15, 0.2) is 29.2 Å². The average Bonchev–Trinajstić information content (AvgIpc) is 2.68. The SMILES string of the molecule is CC(N)C1CCCN(C(=O)c2ccccc2S(=O)(=O)N2CCOCC2)C1. The minimum Gasteiger partial charge on any atom is -0.379 e. The van der Waals surface area contributed by atoms with Gasteiger partial charge in [0, 0.05) is 32.2 Å². The minimum atomic E-state index is -3.73. The van der Waals surface area contributed by atoms with Crippen molar-refractivity contribution in [2.45, 2.75) is 30.7 Å². The van der Waals surface area contributed by atoms with E-state index < -0.39 is 10.0 Å². The Balaban J connectivity index is 1.88. The molecule has 144 valence electrons. The first-order chi connectivity index (χ1) is 12.4. The molecule has 0 aromatic heterocycles. The van der Waals surface area contributed by atoms with Crippen molar-refractivity contribution in [1.82, 2.24) is 9.21 Å². The third-order valence-electron chi connectivity index (χ3n) is 5.19. The summed E-state index contributed by atoms with van der Waals surface area (Å²) in [5.74, 6) is 0.0125. The van der Waals surface area contributed by atoms with Gasteiger partial charge in [-0.3, -0.25) is 4.79 Å². The number of rotatable bonds is 4. The fraction of sp³-hybridized carbons (Fsp3) is 0.611. The van der Waals surface area contributed by atoms with Crippen LogP contribution in [-0.4, -0.2) is 69.0 Å². The van der Waals surface area contributed by atoms with Gasteiger partial charge in [-0.2, -0.15) is 4.31 Å². The highest BCUT2D eigenvalue weighted by molar-refractivity contribution is 7.89. The first-order valence-corrected chi connectivity index (χ1v) is 10.6. The number of hydrogen-bond acceptors (Lipinski definition) is 5. The molecule has 0 aliphatic carbocycles. The Morgan fingerprint density at radius 1 is 1.23 bits per heavy atom. The number of nitrogens with two attached hydrogens (primary N) is 1. The Morgan fingerprint density at radius 2 is 1.92 bits per heavy atom. The molecule has 0 spiro atoms. The highest BCUT2D eigenvalue weighted by Crippen LogP contribution is 2.25. The van der Waals surface area contributed by atoms with Crippen LogP contribution in [-0.2, 0) is 14.8 Å². The van der Waals surface area contributed by atoms with Crippen LogP contribution >= 0.6 is 0 Å². The summed E-state index contributed by atoms with van der Waals surface area (Å²) < 4.78 is 32.7. The molecule has 3 rings (SSSR count). The van der Waals surface area contributed by atoms with Gasteiger partial charge in [0.05, 0.1) is 23.7 Å². The van der Waals surface area contributed by atoms with Gasteiger partial charge in [-0.15, -0.1) is 0 Å². The lowest BCUT2D eigenvalue weighted by molar-refractivity contribution is 0.0655. The fourth-order valence-electron chi connectivity index (χ4n) is 3.59. The number of ether oxygens (including phenoxy) is 1. The molecule has 2 unspecified atom stereocenters. The van der Waals surface area contributed by atoms with Gasteiger partial charge in [0.1, 0.15) is 0 Å². The Kier molecular flexibility index (Phi) is 5.96. The fourth-order valence-corrected chi connectivity index (χ4v) is 5.18. The topological polar surface area (TPSA) is 92.9 Å². The molecule has 1 amide bonds. The van der Waals surface area contributed by atoms with E-state index in [9.17, 15) is 13.2 Å². The van der Waals surface area contributed by atoms with E-state index in [0.29, 0.717) is 39.4 Å². The number of likely N-dealkylation sites (tertiary alicyclic amines) is 1.